The number of carbonyl (C=O) groups excluding carboxylic acids is 1. The summed E-state index contributed by atoms with van der Waals surface area (Å²) in [5.41, 5.74) is 3.72. The van der Waals surface area contributed by atoms with Crippen LogP contribution in [-0.2, 0) is 13.0 Å². The molecule has 1 aromatic heterocycles. The summed E-state index contributed by atoms with van der Waals surface area (Å²) < 4.78 is 4.66. The van der Waals surface area contributed by atoms with Gasteiger partial charge in [-0.3, -0.25) is 4.79 Å². The normalized spacial score (nSPS) is 15.0. The van der Waals surface area contributed by atoms with Gasteiger partial charge in [0.05, 0.1) is 0 Å². The van der Waals surface area contributed by atoms with Gasteiger partial charge in [-0.05, 0) is 36.7 Å². The standard InChI is InChI=1S/C14H15N3O2/c1-17-6-4-10-8-12(3-2-11(10)9-17)15-14(18)13-5-7-19-16-13/h2-3,5,7-8H,4,6,9H2,1H3,(H,15,18). The van der Waals surface area contributed by atoms with Crippen LogP contribution in [0.1, 0.15) is 21.6 Å². The molecule has 5 heteroatoms. The van der Waals surface area contributed by atoms with Gasteiger partial charge in [0.1, 0.15) is 6.26 Å². The first-order valence-electron chi connectivity index (χ1n) is 6.24. The number of aromatic nitrogens is 1. The van der Waals surface area contributed by atoms with E-state index in [1.807, 2.05) is 12.1 Å². The first-order valence-corrected chi connectivity index (χ1v) is 6.24. The molecule has 0 spiro atoms. The Labute approximate surface area is 111 Å². The van der Waals surface area contributed by atoms with E-state index in [4.69, 9.17) is 0 Å². The van der Waals surface area contributed by atoms with Crippen LogP contribution in [0.2, 0.25) is 0 Å². The van der Waals surface area contributed by atoms with Crippen molar-refractivity contribution < 1.29 is 9.32 Å². The monoisotopic (exact) mass is 257 g/mol. The van der Waals surface area contributed by atoms with Crippen LogP contribution in [0.3, 0.4) is 0 Å². The molecule has 0 fully saturated rings. The number of nitrogens with one attached hydrogen (secondary N) is 1. The molecule has 1 aromatic carbocycles. The number of rotatable bonds is 2. The zero-order valence-corrected chi connectivity index (χ0v) is 10.7. The topological polar surface area (TPSA) is 58.4 Å². The second kappa shape index (κ2) is 4.85. The summed E-state index contributed by atoms with van der Waals surface area (Å²) >= 11 is 0. The minimum Gasteiger partial charge on any atom is -0.364 e. The maximum atomic E-state index is 11.9. The smallest absolute Gasteiger partial charge is 0.277 e. The van der Waals surface area contributed by atoms with E-state index in [2.05, 4.69) is 33.0 Å². The van der Waals surface area contributed by atoms with Crippen molar-refractivity contribution in [3.05, 3.63) is 47.3 Å². The number of fused-ring (bicyclic) bond motifs is 1. The summed E-state index contributed by atoms with van der Waals surface area (Å²) in [6, 6.07) is 7.59. The molecule has 0 aliphatic carbocycles. The van der Waals surface area contributed by atoms with E-state index >= 15 is 0 Å². The van der Waals surface area contributed by atoms with E-state index < -0.39 is 0 Å². The van der Waals surface area contributed by atoms with Crippen molar-refractivity contribution in [1.29, 1.82) is 0 Å². The lowest BCUT2D eigenvalue weighted by molar-refractivity contribution is 0.101. The largest absolute Gasteiger partial charge is 0.364 e. The van der Waals surface area contributed by atoms with Crippen molar-refractivity contribution in [1.82, 2.24) is 10.1 Å². The first-order chi connectivity index (χ1) is 9.22. The van der Waals surface area contributed by atoms with Crippen molar-refractivity contribution in [2.45, 2.75) is 13.0 Å². The SMILES string of the molecule is CN1CCc2cc(NC(=O)c3ccon3)ccc2C1. The molecule has 1 amide bonds. The molecule has 1 N–H and O–H groups in total. The highest BCUT2D eigenvalue weighted by atomic mass is 16.5. The van der Waals surface area contributed by atoms with Gasteiger partial charge in [0.2, 0.25) is 0 Å². The minimum atomic E-state index is -0.248. The number of likely N-dealkylation sites (N-methyl/N-ethyl adjacent to an activating group) is 1. The molecular formula is C14H15N3O2. The molecule has 98 valence electrons. The van der Waals surface area contributed by atoms with Gasteiger partial charge in [-0.25, -0.2) is 0 Å². The molecule has 0 saturated carbocycles. The van der Waals surface area contributed by atoms with Crippen molar-refractivity contribution in [2.24, 2.45) is 0 Å². The number of hydrogen-bond acceptors (Lipinski definition) is 4. The average Bonchev–Trinajstić information content (AvgIpc) is 2.93. The minimum absolute atomic E-state index is 0.248. The summed E-state index contributed by atoms with van der Waals surface area (Å²) in [5.74, 6) is -0.248. The zero-order chi connectivity index (χ0) is 13.2. The maximum absolute atomic E-state index is 11.9. The fourth-order valence-electron chi connectivity index (χ4n) is 2.30. The lowest BCUT2D eigenvalue weighted by Crippen LogP contribution is -2.26. The van der Waals surface area contributed by atoms with E-state index in [1.54, 1.807) is 6.07 Å². The maximum Gasteiger partial charge on any atom is 0.277 e. The van der Waals surface area contributed by atoms with Crippen LogP contribution >= 0.6 is 0 Å². The molecule has 0 radical (unpaired) electrons. The lowest BCUT2D eigenvalue weighted by atomic mass is 9.99. The van der Waals surface area contributed by atoms with Gasteiger partial charge >= 0.3 is 0 Å². The summed E-state index contributed by atoms with van der Waals surface area (Å²) in [4.78, 5) is 14.1. The van der Waals surface area contributed by atoms with Crippen molar-refractivity contribution in [3.8, 4) is 0 Å². The van der Waals surface area contributed by atoms with E-state index in [0.717, 1.165) is 25.2 Å². The molecule has 0 atom stereocenters. The second-order valence-corrected chi connectivity index (χ2v) is 4.81. The number of nitrogens with zero attached hydrogens (tertiary/aromatic N) is 2. The molecule has 5 nitrogen and oxygen atoms in total. The molecule has 2 aromatic rings. The van der Waals surface area contributed by atoms with Gasteiger partial charge in [0, 0.05) is 24.8 Å². The number of benzene rings is 1. The number of anilines is 1. The molecule has 0 bridgehead atoms. The number of amides is 1. The highest BCUT2D eigenvalue weighted by Crippen LogP contribution is 2.22. The Morgan fingerprint density at radius 3 is 3.05 bits per heavy atom. The third kappa shape index (κ3) is 2.51. The molecule has 19 heavy (non-hydrogen) atoms. The van der Waals surface area contributed by atoms with Gasteiger partial charge in [-0.1, -0.05) is 11.2 Å². The third-order valence-corrected chi connectivity index (χ3v) is 3.34. The summed E-state index contributed by atoms with van der Waals surface area (Å²) in [5, 5.41) is 6.45. The Morgan fingerprint density at radius 1 is 1.37 bits per heavy atom. The molecule has 0 saturated heterocycles. The molecule has 2 heterocycles. The Kier molecular flexibility index (Phi) is 3.05. The third-order valence-electron chi connectivity index (χ3n) is 3.34. The molecule has 1 aliphatic heterocycles. The predicted octanol–water partition coefficient (Wildman–Crippen LogP) is 1.91. The van der Waals surface area contributed by atoms with Crippen LogP contribution in [0.5, 0.6) is 0 Å². The Hall–Kier alpha value is -2.14. The second-order valence-electron chi connectivity index (χ2n) is 4.81. The van der Waals surface area contributed by atoms with E-state index in [-0.39, 0.29) is 11.6 Å². The summed E-state index contributed by atoms with van der Waals surface area (Å²) in [6.45, 7) is 2.01. The van der Waals surface area contributed by atoms with Gasteiger partial charge in [-0.15, -0.1) is 0 Å². The lowest BCUT2D eigenvalue weighted by Gasteiger charge is -2.25. The predicted molar refractivity (Wildman–Crippen MR) is 70.9 cm³/mol. The van der Waals surface area contributed by atoms with Crippen LogP contribution in [0.15, 0.2) is 35.1 Å². The van der Waals surface area contributed by atoms with Crippen LogP contribution in [0.25, 0.3) is 0 Å². The van der Waals surface area contributed by atoms with Gasteiger partial charge in [0.25, 0.3) is 5.91 Å². The van der Waals surface area contributed by atoms with Crippen molar-refractivity contribution in [2.75, 3.05) is 18.9 Å². The molecule has 3 rings (SSSR count). The van der Waals surface area contributed by atoms with E-state index in [1.165, 1.54) is 17.4 Å². The Morgan fingerprint density at radius 2 is 2.26 bits per heavy atom. The summed E-state index contributed by atoms with van der Waals surface area (Å²) in [7, 11) is 2.11. The van der Waals surface area contributed by atoms with Crippen LogP contribution < -0.4 is 5.32 Å². The first kappa shape index (κ1) is 11.9. The van der Waals surface area contributed by atoms with Crippen molar-refractivity contribution >= 4 is 11.6 Å². The van der Waals surface area contributed by atoms with Gasteiger partial charge in [-0.2, -0.15) is 0 Å². The fraction of sp³-hybridized carbons (Fsp3) is 0.286. The van der Waals surface area contributed by atoms with Gasteiger partial charge in [0.15, 0.2) is 5.69 Å². The highest BCUT2D eigenvalue weighted by molar-refractivity contribution is 6.02. The summed E-state index contributed by atoms with van der Waals surface area (Å²) in [6.07, 6.45) is 2.40. The number of carbonyl (C=O) groups is 1. The molecule has 0 unspecified atom stereocenters. The van der Waals surface area contributed by atoms with Crippen LogP contribution in [0.4, 0.5) is 5.69 Å². The van der Waals surface area contributed by atoms with Crippen molar-refractivity contribution in [3.63, 3.8) is 0 Å². The zero-order valence-electron chi connectivity index (χ0n) is 10.7. The van der Waals surface area contributed by atoms with Gasteiger partial charge < -0.3 is 14.7 Å². The Bertz CT molecular complexity index is 593. The van der Waals surface area contributed by atoms with Crippen LogP contribution in [-0.4, -0.2) is 29.6 Å². The fourth-order valence-corrected chi connectivity index (χ4v) is 2.30. The molecule has 1 aliphatic rings. The van der Waals surface area contributed by atoms with E-state index in [9.17, 15) is 4.79 Å². The molecular weight excluding hydrogens is 242 g/mol. The average molecular weight is 257 g/mol. The highest BCUT2D eigenvalue weighted by Gasteiger charge is 2.14. The van der Waals surface area contributed by atoms with Crippen LogP contribution in [0, 0.1) is 0 Å². The quantitative estimate of drug-likeness (QED) is 0.893. The Balaban J connectivity index is 1.78. The van der Waals surface area contributed by atoms with E-state index in [0.29, 0.717) is 0 Å². The number of hydrogen-bond donors (Lipinski definition) is 1.